The zero-order valence-corrected chi connectivity index (χ0v) is 20.2. The number of hydrazone groups is 1. The number of rotatable bonds is 12. The van der Waals surface area contributed by atoms with E-state index in [1.807, 2.05) is 24.4 Å². The molecular formula is C22H37N5O9. The van der Waals surface area contributed by atoms with Crippen molar-refractivity contribution in [2.45, 2.75) is 50.6 Å². The van der Waals surface area contributed by atoms with Gasteiger partial charge in [-0.1, -0.05) is 19.8 Å². The van der Waals surface area contributed by atoms with Gasteiger partial charge in [0, 0.05) is 29.2 Å². The van der Waals surface area contributed by atoms with E-state index in [0.29, 0.717) is 5.96 Å². The number of methoxy groups -OCH3 is 1. The zero-order valence-electron chi connectivity index (χ0n) is 20.2. The van der Waals surface area contributed by atoms with E-state index in [-0.39, 0.29) is 5.48 Å². The van der Waals surface area contributed by atoms with E-state index in [1.54, 1.807) is 13.3 Å². The highest BCUT2D eigenvalue weighted by Gasteiger charge is 2.33. The average molecular weight is 516 g/mol. The topological polar surface area (TPSA) is 258 Å². The molecule has 0 aliphatic rings. The van der Waals surface area contributed by atoms with Gasteiger partial charge in [-0.05, 0) is 24.6 Å². The Morgan fingerprint density at radius 2 is 1.92 bits per heavy atom. The number of hydrogen-bond donors (Lipinski definition) is 9. The Morgan fingerprint density at radius 1 is 1.22 bits per heavy atom. The molecule has 0 aliphatic carbocycles. The molecule has 204 valence electrons. The van der Waals surface area contributed by atoms with Crippen molar-refractivity contribution in [2.75, 3.05) is 20.3 Å². The molecule has 0 aliphatic heterocycles. The zero-order chi connectivity index (χ0) is 26.4. The van der Waals surface area contributed by atoms with E-state index in [2.05, 4.69) is 27.4 Å². The third kappa shape index (κ3) is 10.6. The quantitative estimate of drug-likeness (QED) is 0.0668. The second-order valence-corrected chi connectivity index (χ2v) is 7.51. The van der Waals surface area contributed by atoms with E-state index >= 15 is 0 Å². The van der Waals surface area contributed by atoms with Gasteiger partial charge >= 0.3 is 5.97 Å². The maximum absolute atomic E-state index is 10.1. The van der Waals surface area contributed by atoms with Gasteiger partial charge in [0.25, 0.3) is 0 Å². The van der Waals surface area contributed by atoms with Crippen molar-refractivity contribution in [3.8, 4) is 5.75 Å². The lowest BCUT2D eigenvalue weighted by molar-refractivity contribution is -0.164. The summed E-state index contributed by atoms with van der Waals surface area (Å²) in [4.78, 5) is 17.5. The van der Waals surface area contributed by atoms with Gasteiger partial charge < -0.3 is 51.6 Å². The summed E-state index contributed by atoms with van der Waals surface area (Å²) in [7, 11) is 1.65. The summed E-state index contributed by atoms with van der Waals surface area (Å²) in [5, 5.41) is 57.0. The predicted octanol–water partition coefficient (Wildman–Crippen LogP) is -1.71. The molecule has 1 aromatic carbocycles. The molecule has 36 heavy (non-hydrogen) atoms. The smallest absolute Gasteiger partial charge is 0.335 e. The molecule has 4 atom stereocenters. The lowest BCUT2D eigenvalue weighted by atomic mass is 10.0. The summed E-state index contributed by atoms with van der Waals surface area (Å²) in [6, 6.07) is 5.86. The van der Waals surface area contributed by atoms with E-state index < -0.39 is 37.0 Å². The number of aliphatic carboxylic acids is 1. The fourth-order valence-corrected chi connectivity index (χ4v) is 2.79. The highest BCUT2D eigenvalue weighted by atomic mass is 16.5. The second kappa shape index (κ2) is 17.2. The third-order valence-electron chi connectivity index (χ3n) is 4.86. The van der Waals surface area contributed by atoms with E-state index in [9.17, 15) is 4.79 Å². The number of nitrogens with one attached hydrogen (secondary N) is 2. The maximum atomic E-state index is 10.1. The van der Waals surface area contributed by atoms with Gasteiger partial charge in [-0.3, -0.25) is 4.99 Å². The fourth-order valence-electron chi connectivity index (χ4n) is 2.79. The van der Waals surface area contributed by atoms with Crippen molar-refractivity contribution in [2.24, 2.45) is 15.8 Å². The summed E-state index contributed by atoms with van der Waals surface area (Å²) in [6.07, 6.45) is -0.847. The highest BCUT2D eigenvalue weighted by Crippen LogP contribution is 2.22. The SMILES string of the molecule is CCCCCN=C(N)N/N=C/c1c[nH]c2ccc(OC)cc12.O.O=C(O)[C@H](O)[C@@H](O)[C@H](O)[C@H](O)CO. The van der Waals surface area contributed by atoms with Gasteiger partial charge in [-0.15, -0.1) is 0 Å². The number of hydrogen-bond acceptors (Lipinski definition) is 9. The summed E-state index contributed by atoms with van der Waals surface area (Å²) in [6.45, 7) is 2.04. The van der Waals surface area contributed by atoms with Crippen LogP contribution in [0.2, 0.25) is 0 Å². The van der Waals surface area contributed by atoms with Crippen LogP contribution >= 0.6 is 0 Å². The lowest BCUT2D eigenvalue weighted by Gasteiger charge is -2.23. The number of nitrogens with zero attached hydrogens (tertiary/aromatic N) is 2. The van der Waals surface area contributed by atoms with E-state index in [0.717, 1.165) is 41.6 Å². The number of unbranched alkanes of at least 4 members (excludes halogenated alkanes) is 2. The van der Waals surface area contributed by atoms with Crippen molar-refractivity contribution in [1.29, 1.82) is 0 Å². The van der Waals surface area contributed by atoms with Crippen LogP contribution in [0.4, 0.5) is 0 Å². The number of fused-ring (bicyclic) bond motifs is 1. The van der Waals surface area contributed by atoms with Gasteiger partial charge in [0.1, 0.15) is 24.1 Å². The molecule has 2 aromatic rings. The van der Waals surface area contributed by atoms with E-state index in [4.69, 9.17) is 41.1 Å². The first-order chi connectivity index (χ1) is 16.7. The number of H-pyrrole nitrogens is 1. The van der Waals surface area contributed by atoms with Gasteiger partial charge in [0.05, 0.1) is 19.9 Å². The highest BCUT2D eigenvalue weighted by molar-refractivity contribution is 5.99. The molecule has 0 saturated heterocycles. The van der Waals surface area contributed by atoms with Crippen molar-refractivity contribution >= 4 is 29.0 Å². The molecule has 1 heterocycles. The van der Waals surface area contributed by atoms with Crippen LogP contribution in [0.25, 0.3) is 10.9 Å². The Labute approximate surface area is 208 Å². The van der Waals surface area contributed by atoms with E-state index in [1.165, 1.54) is 6.42 Å². The molecule has 14 nitrogen and oxygen atoms in total. The lowest BCUT2D eigenvalue weighted by Crippen LogP contribution is -2.48. The monoisotopic (exact) mass is 515 g/mol. The number of aliphatic hydroxyl groups is 5. The number of carboxylic acids is 1. The molecule has 0 unspecified atom stereocenters. The molecule has 0 fully saturated rings. The normalized spacial score (nSPS) is 14.8. The Bertz CT molecular complexity index is 967. The first-order valence-corrected chi connectivity index (χ1v) is 11.0. The maximum Gasteiger partial charge on any atom is 0.335 e. The number of guanidine groups is 1. The third-order valence-corrected chi connectivity index (χ3v) is 4.86. The first kappa shape index (κ1) is 32.7. The molecule has 1 aromatic heterocycles. The predicted molar refractivity (Wildman–Crippen MR) is 134 cm³/mol. The van der Waals surface area contributed by atoms with Crippen molar-refractivity contribution in [3.05, 3.63) is 30.0 Å². The second-order valence-electron chi connectivity index (χ2n) is 7.51. The number of aromatic amines is 1. The van der Waals surface area contributed by atoms with Crippen LogP contribution in [-0.4, -0.2) is 104 Å². The van der Waals surface area contributed by atoms with Crippen molar-refractivity contribution in [1.82, 2.24) is 10.4 Å². The number of ether oxygens (including phenoxy) is 1. The number of aliphatic hydroxyl groups excluding tert-OH is 5. The summed E-state index contributed by atoms with van der Waals surface area (Å²) in [5.41, 5.74) is 10.5. The largest absolute Gasteiger partial charge is 0.497 e. The molecule has 12 N–H and O–H groups in total. The van der Waals surface area contributed by atoms with Crippen LogP contribution in [0.1, 0.15) is 31.7 Å². The van der Waals surface area contributed by atoms with Crippen molar-refractivity contribution in [3.63, 3.8) is 0 Å². The molecule has 0 radical (unpaired) electrons. The van der Waals surface area contributed by atoms with Gasteiger partial charge in [0.15, 0.2) is 6.10 Å². The summed E-state index contributed by atoms with van der Waals surface area (Å²) >= 11 is 0. The average Bonchev–Trinajstić information content (AvgIpc) is 3.27. The van der Waals surface area contributed by atoms with Crippen LogP contribution in [0, 0.1) is 0 Å². The van der Waals surface area contributed by atoms with Crippen LogP contribution in [0.5, 0.6) is 5.75 Å². The molecule has 0 saturated carbocycles. The van der Waals surface area contributed by atoms with Crippen LogP contribution in [0.3, 0.4) is 0 Å². The van der Waals surface area contributed by atoms with Gasteiger partial charge in [-0.2, -0.15) is 5.10 Å². The summed E-state index contributed by atoms with van der Waals surface area (Å²) < 4.78 is 5.24. The molecule has 14 heteroatoms. The number of aromatic nitrogens is 1. The number of benzene rings is 1. The van der Waals surface area contributed by atoms with Gasteiger partial charge in [0.2, 0.25) is 5.96 Å². The summed E-state index contributed by atoms with van der Waals surface area (Å²) in [5.74, 6) is -0.576. The standard InChI is InChI=1S/C16H23N5O.C6H12O7.H2O/c1-3-4-5-8-18-16(17)21-20-11-12-10-19-15-7-6-13(22-2)9-14(12)15;7-1-2(8)3(9)4(10)5(11)6(12)13;/h6-7,9-11,19H,3-5,8H2,1-2H3,(H3,17,18,21);2-5,7-11H,1H2,(H,12,13);1H2/b20-11+;;/t;2-,3-,4+,5-;/m.1./s1. The van der Waals surface area contributed by atoms with Crippen LogP contribution in [-0.2, 0) is 4.79 Å². The Kier molecular flexibility index (Phi) is 15.6. The molecular weight excluding hydrogens is 478 g/mol. The van der Waals surface area contributed by atoms with Gasteiger partial charge in [-0.25, -0.2) is 10.2 Å². The number of carbonyl (C=O) groups is 1. The Balaban J connectivity index is 0.000000758. The molecule has 0 amide bonds. The molecule has 2 rings (SSSR count). The Morgan fingerprint density at radius 3 is 2.50 bits per heavy atom. The molecule has 0 bridgehead atoms. The minimum absolute atomic E-state index is 0. The Hall–Kier alpha value is -3.27. The van der Waals surface area contributed by atoms with Crippen LogP contribution in [0.15, 0.2) is 34.5 Å². The van der Waals surface area contributed by atoms with Crippen LogP contribution < -0.4 is 15.9 Å². The number of aliphatic imine (C=N–C) groups is 1. The fraction of sp³-hybridized carbons (Fsp3) is 0.500. The first-order valence-electron chi connectivity index (χ1n) is 11.0. The number of nitrogens with two attached hydrogens (primary N) is 1. The molecule has 0 spiro atoms. The van der Waals surface area contributed by atoms with Crippen molar-refractivity contribution < 1.29 is 45.6 Å². The minimum atomic E-state index is -2.20. The number of carboxylic acid groups (broad SMARTS) is 1. The minimum Gasteiger partial charge on any atom is -0.497 e.